The second kappa shape index (κ2) is 3.71. The number of hydrogen-bond donors (Lipinski definition) is 1. The molecule has 0 spiro atoms. The molecular weight excluding hydrogens is 170 g/mol. The van der Waals surface area contributed by atoms with Gasteiger partial charge in [0.15, 0.2) is 0 Å². The molecule has 0 radical (unpaired) electrons. The summed E-state index contributed by atoms with van der Waals surface area (Å²) in [7, 11) is 0. The number of nitrogens with one attached hydrogen (secondary N) is 1. The number of benzene rings is 1. The molecule has 0 fully saturated rings. The smallest absolute Gasteiger partial charge is 0.221 e. The molecule has 0 bridgehead atoms. The largest absolute Gasteiger partial charge is 0.545 e. The zero-order chi connectivity index (χ0) is 9.84. The van der Waals surface area contributed by atoms with Crippen molar-refractivity contribution in [2.24, 2.45) is 0 Å². The Balaban J connectivity index is 3.04. The average molecular weight is 178 g/mol. The maximum Gasteiger partial charge on any atom is 0.221 e. The zero-order valence-electron chi connectivity index (χ0n) is 7.03. The quantitative estimate of drug-likeness (QED) is 0.693. The fourth-order valence-corrected chi connectivity index (χ4v) is 0.960. The molecule has 0 aliphatic carbocycles. The number of para-hydroxylation sites is 1. The Morgan fingerprint density at radius 1 is 1.31 bits per heavy atom. The van der Waals surface area contributed by atoms with Gasteiger partial charge >= 0.3 is 0 Å². The lowest BCUT2D eigenvalue weighted by atomic mass is 10.2. The monoisotopic (exact) mass is 178 g/mol. The predicted octanol–water partition coefficient (Wildman–Crippen LogP) is 0.00850. The van der Waals surface area contributed by atoms with Crippen molar-refractivity contribution in [1.82, 2.24) is 0 Å². The molecule has 1 N–H and O–H groups in total. The summed E-state index contributed by atoms with van der Waals surface area (Å²) >= 11 is 0. The molecule has 0 heterocycles. The summed E-state index contributed by atoms with van der Waals surface area (Å²) in [5.41, 5.74) is 0.243. The third kappa shape index (κ3) is 2.30. The normalized spacial score (nSPS) is 9.31. The van der Waals surface area contributed by atoms with Gasteiger partial charge in [-0.3, -0.25) is 4.79 Å². The van der Waals surface area contributed by atoms with Crippen LogP contribution in [0.25, 0.3) is 0 Å². The first-order valence-electron chi connectivity index (χ1n) is 3.69. The van der Waals surface area contributed by atoms with Gasteiger partial charge in [0, 0.05) is 18.2 Å². The van der Waals surface area contributed by atoms with Gasteiger partial charge in [0.05, 0.1) is 5.97 Å². The van der Waals surface area contributed by atoms with Crippen molar-refractivity contribution < 1.29 is 14.7 Å². The highest BCUT2D eigenvalue weighted by molar-refractivity contribution is 5.98. The number of rotatable bonds is 2. The lowest BCUT2D eigenvalue weighted by molar-refractivity contribution is -0.254. The Labute approximate surface area is 75.2 Å². The minimum absolute atomic E-state index is 0.0160. The van der Waals surface area contributed by atoms with E-state index in [2.05, 4.69) is 5.32 Å². The van der Waals surface area contributed by atoms with Crippen LogP contribution >= 0.6 is 0 Å². The number of aromatic carboxylic acids is 1. The predicted molar refractivity (Wildman–Crippen MR) is 45.1 cm³/mol. The van der Waals surface area contributed by atoms with Gasteiger partial charge in [-0.2, -0.15) is 0 Å². The van der Waals surface area contributed by atoms with E-state index < -0.39 is 5.97 Å². The molecule has 0 unspecified atom stereocenters. The number of hydrogen-bond acceptors (Lipinski definition) is 3. The SMILES string of the molecule is CC(=O)Nc1ccccc1C(=O)[O-]. The topological polar surface area (TPSA) is 69.2 Å². The molecule has 4 heteroatoms. The number of carbonyl (C=O) groups excluding carboxylic acids is 2. The van der Waals surface area contributed by atoms with Crippen LogP contribution < -0.4 is 10.4 Å². The summed E-state index contributed by atoms with van der Waals surface area (Å²) < 4.78 is 0. The van der Waals surface area contributed by atoms with Gasteiger partial charge in [0.2, 0.25) is 5.91 Å². The van der Waals surface area contributed by atoms with Crippen LogP contribution in [-0.2, 0) is 4.79 Å². The highest BCUT2D eigenvalue weighted by atomic mass is 16.4. The Morgan fingerprint density at radius 3 is 2.46 bits per heavy atom. The summed E-state index contributed by atoms with van der Waals surface area (Å²) in [6.07, 6.45) is 0. The highest BCUT2D eigenvalue weighted by Gasteiger charge is 2.02. The Kier molecular flexibility index (Phi) is 2.64. The van der Waals surface area contributed by atoms with E-state index in [9.17, 15) is 14.7 Å². The van der Waals surface area contributed by atoms with Crippen molar-refractivity contribution >= 4 is 17.6 Å². The van der Waals surface area contributed by atoms with E-state index in [-0.39, 0.29) is 17.2 Å². The first-order chi connectivity index (χ1) is 6.11. The molecular formula is C9H8NO3-. The van der Waals surface area contributed by atoms with E-state index in [0.717, 1.165) is 0 Å². The minimum atomic E-state index is -1.30. The Morgan fingerprint density at radius 2 is 1.92 bits per heavy atom. The molecule has 0 aliphatic heterocycles. The number of carbonyl (C=O) groups is 2. The average Bonchev–Trinajstić information content (AvgIpc) is 2.03. The van der Waals surface area contributed by atoms with Gasteiger partial charge in [0.25, 0.3) is 0 Å². The van der Waals surface area contributed by atoms with E-state index in [1.807, 2.05) is 0 Å². The number of amides is 1. The van der Waals surface area contributed by atoms with Crippen LogP contribution in [0.1, 0.15) is 17.3 Å². The summed E-state index contributed by atoms with van der Waals surface area (Å²) in [5, 5.41) is 12.9. The molecule has 4 nitrogen and oxygen atoms in total. The number of carboxylic acids is 1. The fourth-order valence-electron chi connectivity index (χ4n) is 0.960. The molecule has 13 heavy (non-hydrogen) atoms. The molecule has 0 aliphatic rings. The van der Waals surface area contributed by atoms with Crippen LogP contribution in [0.15, 0.2) is 24.3 Å². The van der Waals surface area contributed by atoms with Crippen LogP contribution in [0.4, 0.5) is 5.69 Å². The second-order valence-corrected chi connectivity index (χ2v) is 2.51. The van der Waals surface area contributed by atoms with Gasteiger partial charge in [-0.15, -0.1) is 0 Å². The highest BCUT2D eigenvalue weighted by Crippen LogP contribution is 2.13. The molecule has 0 saturated heterocycles. The van der Waals surface area contributed by atoms with Crippen molar-refractivity contribution in [2.75, 3.05) is 5.32 Å². The van der Waals surface area contributed by atoms with Crippen LogP contribution in [0, 0.1) is 0 Å². The van der Waals surface area contributed by atoms with E-state index in [0.29, 0.717) is 0 Å². The molecule has 0 aromatic heterocycles. The van der Waals surface area contributed by atoms with Crippen molar-refractivity contribution in [3.63, 3.8) is 0 Å². The maximum atomic E-state index is 10.7. The Hall–Kier alpha value is -1.84. The summed E-state index contributed by atoms with van der Waals surface area (Å²) in [6.45, 7) is 1.31. The van der Waals surface area contributed by atoms with Crippen molar-refractivity contribution in [3.05, 3.63) is 29.8 Å². The fraction of sp³-hybridized carbons (Fsp3) is 0.111. The van der Waals surface area contributed by atoms with Crippen LogP contribution in [0.3, 0.4) is 0 Å². The van der Waals surface area contributed by atoms with E-state index in [1.165, 1.54) is 19.1 Å². The van der Waals surface area contributed by atoms with Gasteiger partial charge in [-0.05, 0) is 6.07 Å². The first kappa shape index (κ1) is 9.25. The lowest BCUT2D eigenvalue weighted by Crippen LogP contribution is -2.24. The molecule has 1 rings (SSSR count). The van der Waals surface area contributed by atoms with E-state index in [4.69, 9.17) is 0 Å². The summed E-state index contributed by atoms with van der Waals surface area (Å²) in [5.74, 6) is -1.61. The molecule has 1 aromatic rings. The minimum Gasteiger partial charge on any atom is -0.545 e. The van der Waals surface area contributed by atoms with Crippen molar-refractivity contribution in [1.29, 1.82) is 0 Å². The van der Waals surface area contributed by atoms with Crippen LogP contribution in [-0.4, -0.2) is 11.9 Å². The molecule has 0 atom stereocenters. The second-order valence-electron chi connectivity index (χ2n) is 2.51. The van der Waals surface area contributed by atoms with E-state index in [1.54, 1.807) is 12.1 Å². The molecule has 0 saturated carbocycles. The van der Waals surface area contributed by atoms with Gasteiger partial charge in [-0.25, -0.2) is 0 Å². The van der Waals surface area contributed by atoms with Crippen LogP contribution in [0.2, 0.25) is 0 Å². The zero-order valence-corrected chi connectivity index (χ0v) is 7.03. The lowest BCUT2D eigenvalue weighted by Gasteiger charge is -2.09. The van der Waals surface area contributed by atoms with E-state index >= 15 is 0 Å². The van der Waals surface area contributed by atoms with Crippen LogP contribution in [0.5, 0.6) is 0 Å². The van der Waals surface area contributed by atoms with Gasteiger partial charge in [0.1, 0.15) is 0 Å². The number of carboxylic acid groups (broad SMARTS) is 1. The summed E-state index contributed by atoms with van der Waals surface area (Å²) in [6, 6.07) is 6.08. The van der Waals surface area contributed by atoms with Gasteiger partial charge in [-0.1, -0.05) is 18.2 Å². The maximum absolute atomic E-state index is 10.7. The third-order valence-corrected chi connectivity index (χ3v) is 1.46. The Bertz CT molecular complexity index is 346. The third-order valence-electron chi connectivity index (χ3n) is 1.46. The molecule has 1 amide bonds. The molecule has 1 aromatic carbocycles. The van der Waals surface area contributed by atoms with Crippen molar-refractivity contribution in [3.8, 4) is 0 Å². The summed E-state index contributed by atoms with van der Waals surface area (Å²) in [4.78, 5) is 21.2. The van der Waals surface area contributed by atoms with Crippen molar-refractivity contribution in [2.45, 2.75) is 6.92 Å². The first-order valence-corrected chi connectivity index (χ1v) is 3.69. The molecule has 68 valence electrons. The standard InChI is InChI=1S/C9H9NO3/c1-6(11)10-8-5-3-2-4-7(8)9(12)13/h2-5H,1H3,(H,10,11)(H,12,13)/p-1. The number of anilines is 1. The van der Waals surface area contributed by atoms with Gasteiger partial charge < -0.3 is 15.2 Å².